The van der Waals surface area contributed by atoms with E-state index in [9.17, 15) is 14.0 Å². The lowest BCUT2D eigenvalue weighted by atomic mass is 10.1. The molecule has 3 aromatic rings. The van der Waals surface area contributed by atoms with E-state index in [0.29, 0.717) is 30.4 Å². The normalized spacial score (nSPS) is 16.3. The number of hydrogen-bond donors (Lipinski definition) is 1. The molecule has 9 heteroatoms. The number of para-hydroxylation sites is 3. The first-order chi connectivity index (χ1) is 17.5. The number of ether oxygens (including phenoxy) is 2. The number of nitrogens with zero attached hydrogens (tertiary/aromatic N) is 3. The molecule has 1 aliphatic rings. The number of aromatic nitrogens is 2. The zero-order valence-electron chi connectivity index (χ0n) is 22.1. The number of rotatable bonds is 6. The van der Waals surface area contributed by atoms with E-state index in [1.54, 1.807) is 23.1 Å². The summed E-state index contributed by atoms with van der Waals surface area (Å²) in [4.78, 5) is 32.5. The largest absolute Gasteiger partial charge is 0.489 e. The monoisotopic (exact) mass is 510 g/mol. The molecule has 2 aromatic carbocycles. The van der Waals surface area contributed by atoms with Gasteiger partial charge in [0.2, 0.25) is 0 Å². The van der Waals surface area contributed by atoms with Crippen LogP contribution in [0.3, 0.4) is 0 Å². The van der Waals surface area contributed by atoms with E-state index in [4.69, 9.17) is 9.47 Å². The highest BCUT2D eigenvalue weighted by atomic mass is 19.1. The minimum Gasteiger partial charge on any atom is -0.489 e. The molecule has 8 nitrogen and oxygen atoms in total. The first kappa shape index (κ1) is 26.6. The topological polar surface area (TPSA) is 85.7 Å². The predicted molar refractivity (Wildman–Crippen MR) is 141 cm³/mol. The number of piperidine rings is 1. The van der Waals surface area contributed by atoms with E-state index in [1.807, 2.05) is 46.8 Å². The van der Waals surface area contributed by atoms with Crippen molar-refractivity contribution in [2.75, 3.05) is 13.1 Å². The van der Waals surface area contributed by atoms with Gasteiger partial charge in [0, 0.05) is 19.1 Å². The van der Waals surface area contributed by atoms with E-state index >= 15 is 0 Å². The second kappa shape index (κ2) is 10.9. The third-order valence-corrected chi connectivity index (χ3v) is 6.01. The van der Waals surface area contributed by atoms with Crippen molar-refractivity contribution in [2.45, 2.75) is 71.8 Å². The van der Waals surface area contributed by atoms with Crippen LogP contribution in [0.15, 0.2) is 47.3 Å². The average Bonchev–Trinajstić information content (AvgIpc) is 2.83. The van der Waals surface area contributed by atoms with Crippen LogP contribution >= 0.6 is 0 Å². The van der Waals surface area contributed by atoms with Gasteiger partial charge in [-0.05, 0) is 71.7 Å². The molecule has 0 radical (unpaired) electrons. The number of carbonyl (C=O) groups is 1. The summed E-state index contributed by atoms with van der Waals surface area (Å²) < 4.78 is 27.7. The van der Waals surface area contributed by atoms with Crippen LogP contribution in [0.5, 0.6) is 5.75 Å². The third-order valence-electron chi connectivity index (χ3n) is 6.01. The van der Waals surface area contributed by atoms with Crippen molar-refractivity contribution in [3.8, 4) is 11.4 Å². The lowest BCUT2D eigenvalue weighted by molar-refractivity contribution is 0.0187. The molecular weight excluding hydrogens is 475 g/mol. The Morgan fingerprint density at radius 3 is 2.68 bits per heavy atom. The fourth-order valence-corrected chi connectivity index (χ4v) is 4.45. The molecule has 1 saturated heterocycles. The Labute approximate surface area is 216 Å². The molecule has 0 spiro atoms. The zero-order chi connectivity index (χ0) is 26.7. The summed E-state index contributed by atoms with van der Waals surface area (Å²) in [6.07, 6.45) is 1.21. The Morgan fingerprint density at radius 2 is 1.95 bits per heavy atom. The lowest BCUT2D eigenvalue weighted by Gasteiger charge is -2.34. The summed E-state index contributed by atoms with van der Waals surface area (Å²) >= 11 is 0. The maximum absolute atomic E-state index is 14.7. The van der Waals surface area contributed by atoms with Crippen LogP contribution < -0.4 is 15.6 Å². The van der Waals surface area contributed by atoms with Gasteiger partial charge >= 0.3 is 6.09 Å². The van der Waals surface area contributed by atoms with Gasteiger partial charge in [0.25, 0.3) is 5.56 Å². The van der Waals surface area contributed by atoms with Crippen molar-refractivity contribution in [3.63, 3.8) is 0 Å². The van der Waals surface area contributed by atoms with E-state index in [1.165, 1.54) is 16.7 Å². The van der Waals surface area contributed by atoms with Gasteiger partial charge in [-0.2, -0.15) is 0 Å². The molecule has 4 rings (SSSR count). The van der Waals surface area contributed by atoms with Gasteiger partial charge in [-0.25, -0.2) is 14.2 Å². The smallest absolute Gasteiger partial charge is 0.410 e. The Hall–Kier alpha value is -3.46. The Kier molecular flexibility index (Phi) is 7.82. The third kappa shape index (κ3) is 6.28. The van der Waals surface area contributed by atoms with Crippen LogP contribution in [0.25, 0.3) is 16.6 Å². The fourth-order valence-electron chi connectivity index (χ4n) is 4.45. The van der Waals surface area contributed by atoms with Crippen molar-refractivity contribution in [1.82, 2.24) is 19.8 Å². The number of hydrogen-bond acceptors (Lipinski definition) is 6. The van der Waals surface area contributed by atoms with Crippen LogP contribution in [0.2, 0.25) is 0 Å². The van der Waals surface area contributed by atoms with Crippen molar-refractivity contribution >= 4 is 17.0 Å². The van der Waals surface area contributed by atoms with Gasteiger partial charge < -0.3 is 19.7 Å². The second-order valence-corrected chi connectivity index (χ2v) is 10.6. The van der Waals surface area contributed by atoms with Gasteiger partial charge in [0.05, 0.1) is 23.7 Å². The van der Waals surface area contributed by atoms with Crippen molar-refractivity contribution in [2.24, 2.45) is 0 Å². The summed E-state index contributed by atoms with van der Waals surface area (Å²) in [7, 11) is 0. The number of benzene rings is 2. The average molecular weight is 511 g/mol. The Morgan fingerprint density at radius 1 is 1.19 bits per heavy atom. The number of nitrogens with one attached hydrogen (secondary N) is 1. The quantitative estimate of drug-likeness (QED) is 0.513. The SMILES string of the molecule is CC(C)Oc1ccccc1-n1c(CNC2CCCN(C(=O)OC(C)(C)C)C2)nc2c(F)cccc2c1=O. The predicted octanol–water partition coefficient (Wildman–Crippen LogP) is 4.80. The molecule has 37 heavy (non-hydrogen) atoms. The molecule has 1 N–H and O–H groups in total. The van der Waals surface area contributed by atoms with Crippen molar-refractivity contribution < 1.29 is 18.7 Å². The molecule has 1 fully saturated rings. The molecule has 1 atom stereocenters. The zero-order valence-corrected chi connectivity index (χ0v) is 22.1. The maximum Gasteiger partial charge on any atom is 0.410 e. The van der Waals surface area contributed by atoms with Crippen LogP contribution in [-0.4, -0.2) is 51.4 Å². The van der Waals surface area contributed by atoms with Gasteiger partial charge in [-0.1, -0.05) is 18.2 Å². The molecular formula is C28H35FN4O4. The standard InChI is InChI=1S/C28H35FN4O4/c1-18(2)36-23-14-7-6-13-22(23)33-24(31-25-20(26(33)34)11-8-12-21(25)29)16-30-19-10-9-15-32(17-19)27(35)37-28(3,4)5/h6-8,11-14,18-19,30H,9-10,15-17H2,1-5H3. The number of likely N-dealkylation sites (tertiary alicyclic amines) is 1. The number of halogens is 1. The van der Waals surface area contributed by atoms with E-state index in [-0.39, 0.29) is 41.2 Å². The summed E-state index contributed by atoms with van der Waals surface area (Å²) in [5, 5.41) is 3.62. The first-order valence-electron chi connectivity index (χ1n) is 12.7. The Bertz CT molecular complexity index is 1330. The van der Waals surface area contributed by atoms with Crippen molar-refractivity contribution in [3.05, 3.63) is 64.5 Å². The molecule has 1 unspecified atom stereocenters. The van der Waals surface area contributed by atoms with Gasteiger partial charge in [0.1, 0.15) is 28.5 Å². The van der Waals surface area contributed by atoms with E-state index in [2.05, 4.69) is 10.3 Å². The van der Waals surface area contributed by atoms with Gasteiger partial charge in [0.15, 0.2) is 0 Å². The molecule has 198 valence electrons. The van der Waals surface area contributed by atoms with E-state index in [0.717, 1.165) is 12.8 Å². The number of amides is 1. The molecule has 1 amide bonds. The minimum absolute atomic E-state index is 0.0295. The second-order valence-electron chi connectivity index (χ2n) is 10.6. The maximum atomic E-state index is 14.7. The lowest BCUT2D eigenvalue weighted by Crippen LogP contribution is -2.49. The molecule has 1 aromatic heterocycles. The van der Waals surface area contributed by atoms with Crippen molar-refractivity contribution in [1.29, 1.82) is 0 Å². The molecule has 2 heterocycles. The summed E-state index contributed by atoms with van der Waals surface area (Å²) in [6, 6.07) is 11.6. The Balaban J connectivity index is 1.67. The molecule has 0 bridgehead atoms. The first-order valence-corrected chi connectivity index (χ1v) is 12.7. The number of carbonyl (C=O) groups excluding carboxylic acids is 1. The molecule has 1 aliphatic heterocycles. The highest BCUT2D eigenvalue weighted by Crippen LogP contribution is 2.25. The summed E-state index contributed by atoms with van der Waals surface area (Å²) in [6.45, 7) is 10.6. The van der Waals surface area contributed by atoms with Crippen LogP contribution in [0.4, 0.5) is 9.18 Å². The van der Waals surface area contributed by atoms with Gasteiger partial charge in [-0.3, -0.25) is 9.36 Å². The summed E-state index contributed by atoms with van der Waals surface area (Å²) in [5.41, 5.74) is -0.379. The van der Waals surface area contributed by atoms with Gasteiger partial charge in [-0.15, -0.1) is 0 Å². The van der Waals surface area contributed by atoms with E-state index < -0.39 is 11.4 Å². The van der Waals surface area contributed by atoms with Crippen LogP contribution in [-0.2, 0) is 11.3 Å². The highest BCUT2D eigenvalue weighted by molar-refractivity contribution is 5.78. The molecule has 0 aliphatic carbocycles. The minimum atomic E-state index is -0.571. The summed E-state index contributed by atoms with van der Waals surface area (Å²) in [5.74, 6) is 0.340. The van der Waals surface area contributed by atoms with Crippen LogP contribution in [0.1, 0.15) is 53.3 Å². The number of fused-ring (bicyclic) bond motifs is 1. The highest BCUT2D eigenvalue weighted by Gasteiger charge is 2.28. The van der Waals surface area contributed by atoms with Crippen LogP contribution in [0, 0.1) is 5.82 Å². The fraction of sp³-hybridized carbons (Fsp3) is 0.464. The molecule has 0 saturated carbocycles.